The van der Waals surface area contributed by atoms with Crippen LogP contribution in [0.2, 0.25) is 0 Å². The van der Waals surface area contributed by atoms with E-state index in [0.29, 0.717) is 11.7 Å². The molecule has 0 radical (unpaired) electrons. The third kappa shape index (κ3) is 4.37. The van der Waals surface area contributed by atoms with E-state index in [1.54, 1.807) is 0 Å². The predicted octanol–water partition coefficient (Wildman–Crippen LogP) is 2.21. The fourth-order valence-corrected chi connectivity index (χ4v) is 2.16. The quantitative estimate of drug-likeness (QED) is 0.589. The highest BCUT2D eigenvalue weighted by Gasteiger charge is 2.03. The summed E-state index contributed by atoms with van der Waals surface area (Å²) in [7, 11) is 0. The van der Waals surface area contributed by atoms with Crippen LogP contribution in [0, 0.1) is 5.92 Å². The normalized spacial score (nSPS) is 10.8. The molecule has 0 saturated carbocycles. The number of thioether (sulfide) groups is 1. The van der Waals surface area contributed by atoms with Crippen LogP contribution < -0.4 is 11.3 Å². The van der Waals surface area contributed by atoms with E-state index in [1.165, 1.54) is 0 Å². The summed E-state index contributed by atoms with van der Waals surface area (Å²) in [6.45, 7) is 6.50. The highest BCUT2D eigenvalue weighted by atomic mass is 32.2. The van der Waals surface area contributed by atoms with E-state index in [-0.39, 0.29) is 0 Å². The number of hydrazine groups is 1. The van der Waals surface area contributed by atoms with Gasteiger partial charge in [0, 0.05) is 11.8 Å². The molecule has 3 N–H and O–H groups in total. The average molecular weight is 240 g/mol. The summed E-state index contributed by atoms with van der Waals surface area (Å²) in [6.07, 6.45) is 0.902. The zero-order valence-corrected chi connectivity index (χ0v) is 11.0. The summed E-state index contributed by atoms with van der Waals surface area (Å²) in [5.74, 6) is 9.61. The molecule has 0 aromatic carbocycles. The Morgan fingerprint density at radius 1 is 1.44 bits per heavy atom. The fraction of sp³-hybridized carbons (Fsp3) is 0.636. The maximum absolute atomic E-state index is 5.37. The van der Waals surface area contributed by atoms with Crippen LogP contribution in [0.4, 0.5) is 5.82 Å². The van der Waals surface area contributed by atoms with E-state index in [0.717, 1.165) is 29.4 Å². The zero-order chi connectivity index (χ0) is 12.0. The highest BCUT2D eigenvalue weighted by Crippen LogP contribution is 2.15. The first-order valence-corrected chi connectivity index (χ1v) is 6.72. The van der Waals surface area contributed by atoms with Gasteiger partial charge in [0.1, 0.15) is 11.6 Å². The van der Waals surface area contributed by atoms with Gasteiger partial charge < -0.3 is 5.43 Å². The second kappa shape index (κ2) is 6.70. The van der Waals surface area contributed by atoms with Crippen molar-refractivity contribution in [1.29, 1.82) is 0 Å². The first-order valence-electron chi connectivity index (χ1n) is 5.56. The average Bonchev–Trinajstić information content (AvgIpc) is 2.28. The first kappa shape index (κ1) is 13.3. The number of nitrogens with one attached hydrogen (secondary N) is 1. The molecule has 5 heteroatoms. The standard InChI is InChI=1S/C11H20N4S/c1-4-9-5-10(15-12)14-11(13-9)7-16-6-8(2)3/h5,8H,4,6-7,12H2,1-3H3,(H,13,14,15). The molecular weight excluding hydrogens is 220 g/mol. The third-order valence-electron chi connectivity index (χ3n) is 2.02. The Labute approximate surface area is 101 Å². The Hall–Kier alpha value is -0.810. The van der Waals surface area contributed by atoms with Gasteiger partial charge in [0.05, 0.1) is 5.75 Å². The van der Waals surface area contributed by atoms with Crippen molar-refractivity contribution in [1.82, 2.24) is 9.97 Å². The molecule has 0 saturated heterocycles. The van der Waals surface area contributed by atoms with Crippen molar-refractivity contribution < 1.29 is 0 Å². The van der Waals surface area contributed by atoms with Crippen molar-refractivity contribution in [3.8, 4) is 0 Å². The lowest BCUT2D eigenvalue weighted by Crippen LogP contribution is -2.11. The van der Waals surface area contributed by atoms with Crippen LogP contribution in [-0.4, -0.2) is 15.7 Å². The SMILES string of the molecule is CCc1cc(NN)nc(CSCC(C)C)n1. The number of hydrogen-bond donors (Lipinski definition) is 2. The van der Waals surface area contributed by atoms with Crippen molar-refractivity contribution in [2.75, 3.05) is 11.2 Å². The van der Waals surface area contributed by atoms with E-state index >= 15 is 0 Å². The molecule has 90 valence electrons. The Kier molecular flexibility index (Phi) is 5.55. The number of aryl methyl sites for hydroxylation is 1. The van der Waals surface area contributed by atoms with Crippen LogP contribution in [0.1, 0.15) is 32.3 Å². The minimum Gasteiger partial charge on any atom is -0.308 e. The minimum absolute atomic E-state index is 0.700. The molecule has 0 aliphatic rings. The molecule has 0 amide bonds. The Balaban J connectivity index is 2.64. The largest absolute Gasteiger partial charge is 0.308 e. The summed E-state index contributed by atoms with van der Waals surface area (Å²) in [4.78, 5) is 8.80. The highest BCUT2D eigenvalue weighted by molar-refractivity contribution is 7.98. The molecule has 0 spiro atoms. The second-order valence-corrected chi connectivity index (χ2v) is 5.10. The summed E-state index contributed by atoms with van der Waals surface area (Å²) >= 11 is 1.86. The molecule has 16 heavy (non-hydrogen) atoms. The number of anilines is 1. The lowest BCUT2D eigenvalue weighted by Gasteiger charge is -2.07. The van der Waals surface area contributed by atoms with Crippen LogP contribution >= 0.6 is 11.8 Å². The minimum atomic E-state index is 0.700. The smallest absolute Gasteiger partial charge is 0.143 e. The van der Waals surface area contributed by atoms with Gasteiger partial charge in [0.15, 0.2) is 0 Å². The summed E-state index contributed by atoms with van der Waals surface area (Å²) < 4.78 is 0. The fourth-order valence-electron chi connectivity index (χ4n) is 1.26. The molecule has 0 atom stereocenters. The van der Waals surface area contributed by atoms with Crippen LogP contribution in [0.3, 0.4) is 0 Å². The Morgan fingerprint density at radius 2 is 2.19 bits per heavy atom. The van der Waals surface area contributed by atoms with E-state index in [4.69, 9.17) is 5.84 Å². The van der Waals surface area contributed by atoms with E-state index in [1.807, 2.05) is 17.8 Å². The van der Waals surface area contributed by atoms with Crippen LogP contribution in [0.25, 0.3) is 0 Å². The topological polar surface area (TPSA) is 63.8 Å². The Morgan fingerprint density at radius 3 is 2.75 bits per heavy atom. The monoisotopic (exact) mass is 240 g/mol. The first-order chi connectivity index (χ1) is 7.65. The molecule has 0 fully saturated rings. The predicted molar refractivity (Wildman–Crippen MR) is 70.2 cm³/mol. The van der Waals surface area contributed by atoms with Gasteiger partial charge in [-0.3, -0.25) is 0 Å². The molecule has 0 bridgehead atoms. The van der Waals surface area contributed by atoms with Gasteiger partial charge in [-0.1, -0.05) is 20.8 Å². The van der Waals surface area contributed by atoms with E-state index in [9.17, 15) is 0 Å². The van der Waals surface area contributed by atoms with Gasteiger partial charge in [0.25, 0.3) is 0 Å². The molecular formula is C11H20N4S. The number of rotatable bonds is 6. The molecule has 4 nitrogen and oxygen atoms in total. The van der Waals surface area contributed by atoms with Crippen molar-refractivity contribution in [2.24, 2.45) is 11.8 Å². The maximum Gasteiger partial charge on any atom is 0.143 e. The van der Waals surface area contributed by atoms with Crippen LogP contribution in [-0.2, 0) is 12.2 Å². The lowest BCUT2D eigenvalue weighted by molar-refractivity contribution is 0.749. The van der Waals surface area contributed by atoms with Crippen LogP contribution in [0.5, 0.6) is 0 Å². The molecule has 1 aromatic rings. The van der Waals surface area contributed by atoms with Crippen molar-refractivity contribution >= 4 is 17.6 Å². The van der Waals surface area contributed by atoms with Gasteiger partial charge in [0.2, 0.25) is 0 Å². The summed E-state index contributed by atoms with van der Waals surface area (Å²) in [5.41, 5.74) is 3.61. The molecule has 0 aliphatic carbocycles. The van der Waals surface area contributed by atoms with E-state index < -0.39 is 0 Å². The number of hydrogen-bond acceptors (Lipinski definition) is 5. The number of nitrogens with two attached hydrogens (primary N) is 1. The lowest BCUT2D eigenvalue weighted by atomic mass is 10.3. The second-order valence-electron chi connectivity index (χ2n) is 4.07. The van der Waals surface area contributed by atoms with Gasteiger partial charge >= 0.3 is 0 Å². The number of nitrogens with zero attached hydrogens (tertiary/aromatic N) is 2. The molecule has 1 rings (SSSR count). The molecule has 0 unspecified atom stereocenters. The third-order valence-corrected chi connectivity index (χ3v) is 3.38. The van der Waals surface area contributed by atoms with Crippen molar-refractivity contribution in [2.45, 2.75) is 32.9 Å². The van der Waals surface area contributed by atoms with Crippen molar-refractivity contribution in [3.05, 3.63) is 17.6 Å². The summed E-state index contributed by atoms with van der Waals surface area (Å²) in [5, 5.41) is 0. The molecule has 1 aromatic heterocycles. The maximum atomic E-state index is 5.37. The van der Waals surface area contributed by atoms with Gasteiger partial charge in [-0.2, -0.15) is 11.8 Å². The van der Waals surface area contributed by atoms with Gasteiger partial charge in [-0.05, 0) is 18.1 Å². The molecule has 1 heterocycles. The number of aromatic nitrogens is 2. The zero-order valence-electron chi connectivity index (χ0n) is 10.2. The molecule has 0 aliphatic heterocycles. The number of nitrogen functional groups attached to an aromatic ring is 1. The van der Waals surface area contributed by atoms with Gasteiger partial charge in [-0.25, -0.2) is 15.8 Å². The Bertz CT molecular complexity index is 306. The van der Waals surface area contributed by atoms with Crippen LogP contribution in [0.15, 0.2) is 6.07 Å². The van der Waals surface area contributed by atoms with Crippen molar-refractivity contribution in [3.63, 3.8) is 0 Å². The van der Waals surface area contributed by atoms with E-state index in [2.05, 4.69) is 36.2 Å². The summed E-state index contributed by atoms with van der Waals surface area (Å²) in [6, 6.07) is 1.89. The van der Waals surface area contributed by atoms with Gasteiger partial charge in [-0.15, -0.1) is 0 Å².